The van der Waals surface area contributed by atoms with Crippen LogP contribution in [0.1, 0.15) is 37.9 Å². The van der Waals surface area contributed by atoms with Crippen molar-refractivity contribution in [2.75, 3.05) is 13.1 Å². The van der Waals surface area contributed by atoms with Gasteiger partial charge in [0.1, 0.15) is 0 Å². The van der Waals surface area contributed by atoms with Gasteiger partial charge in [-0.3, -0.25) is 0 Å². The predicted molar refractivity (Wildman–Crippen MR) is 112 cm³/mol. The molecule has 28 heavy (non-hydrogen) atoms. The van der Waals surface area contributed by atoms with Gasteiger partial charge in [0.05, 0.1) is 4.90 Å². The van der Waals surface area contributed by atoms with E-state index in [0.29, 0.717) is 18.7 Å². The molecule has 0 aliphatic rings. The van der Waals surface area contributed by atoms with E-state index >= 15 is 0 Å². The van der Waals surface area contributed by atoms with Crippen molar-refractivity contribution in [2.24, 2.45) is 0 Å². The van der Waals surface area contributed by atoms with Crippen LogP contribution in [0.25, 0.3) is 6.08 Å². The van der Waals surface area contributed by atoms with Gasteiger partial charge in [-0.25, -0.2) is 21.6 Å². The molecule has 8 heteroatoms. The van der Waals surface area contributed by atoms with E-state index < -0.39 is 26.1 Å². The summed E-state index contributed by atoms with van der Waals surface area (Å²) in [5.41, 5.74) is 1.46. The molecule has 1 atom stereocenters. The Kier molecular flexibility index (Phi) is 7.54. The topological polar surface area (TPSA) is 83.6 Å². The van der Waals surface area contributed by atoms with Gasteiger partial charge >= 0.3 is 0 Å². The van der Waals surface area contributed by atoms with Crippen LogP contribution >= 0.6 is 0 Å². The fraction of sp³-hybridized carbons (Fsp3) is 0.300. The average molecular weight is 423 g/mol. The molecule has 6 nitrogen and oxygen atoms in total. The predicted octanol–water partition coefficient (Wildman–Crippen LogP) is 3.37. The average Bonchev–Trinajstić information content (AvgIpc) is 2.68. The summed E-state index contributed by atoms with van der Waals surface area (Å²) >= 11 is 0. The third kappa shape index (κ3) is 5.75. The van der Waals surface area contributed by atoms with Crippen LogP contribution in [-0.2, 0) is 20.0 Å². The molecule has 0 unspecified atom stereocenters. The summed E-state index contributed by atoms with van der Waals surface area (Å²) in [5, 5.41) is 1.12. The van der Waals surface area contributed by atoms with Crippen LogP contribution in [0.3, 0.4) is 0 Å². The summed E-state index contributed by atoms with van der Waals surface area (Å²) in [7, 11) is -7.18. The first kappa shape index (κ1) is 22.3. The summed E-state index contributed by atoms with van der Waals surface area (Å²) < 4.78 is 53.6. The van der Waals surface area contributed by atoms with E-state index in [1.807, 2.05) is 30.3 Å². The van der Waals surface area contributed by atoms with Crippen molar-refractivity contribution in [3.63, 3.8) is 0 Å². The highest BCUT2D eigenvalue weighted by Crippen LogP contribution is 2.20. The lowest BCUT2D eigenvalue weighted by molar-refractivity contribution is 0.445. The lowest BCUT2D eigenvalue weighted by Gasteiger charge is -2.19. The molecule has 0 radical (unpaired) electrons. The van der Waals surface area contributed by atoms with E-state index in [2.05, 4.69) is 4.72 Å². The minimum absolute atomic E-state index is 0.194. The lowest BCUT2D eigenvalue weighted by atomic mass is 10.1. The molecule has 2 rings (SSSR count). The van der Waals surface area contributed by atoms with Gasteiger partial charge in [-0.15, -0.1) is 0 Å². The largest absolute Gasteiger partial charge is 0.243 e. The molecule has 0 saturated carbocycles. The third-order valence-corrected chi connectivity index (χ3v) is 7.54. The van der Waals surface area contributed by atoms with Gasteiger partial charge in [-0.1, -0.05) is 56.3 Å². The number of sulfonamides is 2. The van der Waals surface area contributed by atoms with Crippen LogP contribution in [0.15, 0.2) is 64.9 Å². The van der Waals surface area contributed by atoms with E-state index in [0.717, 1.165) is 11.0 Å². The molecule has 2 aromatic rings. The molecule has 0 aliphatic carbocycles. The zero-order valence-corrected chi connectivity index (χ0v) is 17.9. The van der Waals surface area contributed by atoms with Crippen molar-refractivity contribution in [3.8, 4) is 0 Å². The molecular weight excluding hydrogens is 396 g/mol. The Morgan fingerprint density at radius 3 is 2.04 bits per heavy atom. The minimum atomic E-state index is -3.64. The fourth-order valence-electron chi connectivity index (χ4n) is 2.73. The van der Waals surface area contributed by atoms with E-state index in [4.69, 9.17) is 0 Å². The van der Waals surface area contributed by atoms with Crippen LogP contribution in [-0.4, -0.2) is 34.2 Å². The molecule has 0 fully saturated rings. The van der Waals surface area contributed by atoms with E-state index in [1.165, 1.54) is 22.5 Å². The zero-order chi connectivity index (χ0) is 20.8. The van der Waals surface area contributed by atoms with E-state index in [1.54, 1.807) is 32.9 Å². The first-order chi connectivity index (χ1) is 13.2. The highest BCUT2D eigenvalue weighted by molar-refractivity contribution is 7.92. The molecule has 0 aliphatic heterocycles. The standard InChI is InChI=1S/C20H26N2O4S2/c1-4-22(5-2)28(25,26)20-13-11-19(12-14-20)17(3)21-27(23,24)16-15-18-9-7-6-8-10-18/h6-17,21H,4-5H2,1-3H3/b16-15+/t17-/m0/s1. The second kappa shape index (κ2) is 9.47. The van der Waals surface area contributed by atoms with Crippen molar-refractivity contribution in [1.82, 2.24) is 9.03 Å². The Balaban J connectivity index is 2.12. The number of benzene rings is 2. The van der Waals surface area contributed by atoms with Crippen molar-refractivity contribution >= 4 is 26.1 Å². The SMILES string of the molecule is CCN(CC)S(=O)(=O)c1ccc([C@H](C)NS(=O)(=O)/C=C/c2ccccc2)cc1. The number of nitrogens with one attached hydrogen (secondary N) is 1. The summed E-state index contributed by atoms with van der Waals surface area (Å²) in [5.74, 6) is 0. The second-order valence-electron chi connectivity index (χ2n) is 6.26. The van der Waals surface area contributed by atoms with Gasteiger partial charge in [0.25, 0.3) is 0 Å². The molecule has 0 bridgehead atoms. The van der Waals surface area contributed by atoms with Crippen LogP contribution in [0, 0.1) is 0 Å². The van der Waals surface area contributed by atoms with Crippen molar-refractivity contribution in [2.45, 2.75) is 31.7 Å². The van der Waals surface area contributed by atoms with Gasteiger partial charge in [0.2, 0.25) is 20.0 Å². The number of hydrogen-bond acceptors (Lipinski definition) is 4. The van der Waals surface area contributed by atoms with Gasteiger partial charge in [-0.05, 0) is 36.3 Å². The molecular formula is C20H26N2O4S2. The highest BCUT2D eigenvalue weighted by Gasteiger charge is 2.22. The highest BCUT2D eigenvalue weighted by atomic mass is 32.2. The molecule has 0 aromatic heterocycles. The Morgan fingerprint density at radius 2 is 1.50 bits per heavy atom. The first-order valence-electron chi connectivity index (χ1n) is 9.05. The van der Waals surface area contributed by atoms with Gasteiger partial charge in [0.15, 0.2) is 0 Å². The maximum atomic E-state index is 12.5. The Labute approximate surface area is 168 Å². The maximum Gasteiger partial charge on any atom is 0.243 e. The van der Waals surface area contributed by atoms with Gasteiger partial charge in [0, 0.05) is 24.5 Å². The number of rotatable bonds is 9. The zero-order valence-electron chi connectivity index (χ0n) is 16.2. The van der Waals surface area contributed by atoms with Crippen LogP contribution < -0.4 is 4.72 Å². The maximum absolute atomic E-state index is 12.5. The molecule has 2 aromatic carbocycles. The first-order valence-corrected chi connectivity index (χ1v) is 12.0. The minimum Gasteiger partial charge on any atom is -0.208 e. The Bertz CT molecular complexity index is 996. The van der Waals surface area contributed by atoms with Crippen molar-refractivity contribution in [1.29, 1.82) is 0 Å². The number of hydrogen-bond donors (Lipinski definition) is 1. The van der Waals surface area contributed by atoms with Crippen LogP contribution in [0.4, 0.5) is 0 Å². The quantitative estimate of drug-likeness (QED) is 0.672. The summed E-state index contributed by atoms with van der Waals surface area (Å²) in [6.07, 6.45) is 1.52. The van der Waals surface area contributed by atoms with E-state index in [-0.39, 0.29) is 4.90 Å². The van der Waals surface area contributed by atoms with Crippen LogP contribution in [0.2, 0.25) is 0 Å². The summed E-state index contributed by atoms with van der Waals surface area (Å²) in [6.45, 7) is 6.07. The van der Waals surface area contributed by atoms with Gasteiger partial charge in [-0.2, -0.15) is 4.31 Å². The van der Waals surface area contributed by atoms with Crippen LogP contribution in [0.5, 0.6) is 0 Å². The van der Waals surface area contributed by atoms with Crippen molar-refractivity contribution in [3.05, 3.63) is 71.1 Å². The second-order valence-corrected chi connectivity index (χ2v) is 9.79. The summed E-state index contributed by atoms with van der Waals surface area (Å²) in [4.78, 5) is 0.194. The fourth-order valence-corrected chi connectivity index (χ4v) is 5.23. The summed E-state index contributed by atoms with van der Waals surface area (Å²) in [6, 6.07) is 14.9. The monoisotopic (exact) mass is 422 g/mol. The van der Waals surface area contributed by atoms with E-state index in [9.17, 15) is 16.8 Å². The molecule has 1 N–H and O–H groups in total. The smallest absolute Gasteiger partial charge is 0.208 e. The number of nitrogens with zero attached hydrogens (tertiary/aromatic N) is 1. The molecule has 152 valence electrons. The Hall–Kier alpha value is -2.00. The molecule has 0 spiro atoms. The third-order valence-electron chi connectivity index (χ3n) is 4.30. The lowest BCUT2D eigenvalue weighted by Crippen LogP contribution is -2.30. The van der Waals surface area contributed by atoms with Gasteiger partial charge < -0.3 is 0 Å². The molecule has 0 amide bonds. The Morgan fingerprint density at radius 1 is 0.929 bits per heavy atom. The normalized spacial score (nSPS) is 13.9. The van der Waals surface area contributed by atoms with Crippen molar-refractivity contribution < 1.29 is 16.8 Å². The molecule has 0 saturated heterocycles. The molecule has 0 heterocycles.